The number of Topliss-reactive ketones (excluding diaryl/α,β-unsaturated/α-hetero) is 2. The highest BCUT2D eigenvalue weighted by Gasteiger charge is 2.53. The van der Waals surface area contributed by atoms with Crippen LogP contribution >= 0.6 is 11.6 Å². The van der Waals surface area contributed by atoms with Crippen molar-refractivity contribution in [2.75, 3.05) is 4.90 Å². The summed E-state index contributed by atoms with van der Waals surface area (Å²) in [6.45, 7) is 1.91. The number of hydrogen-bond donors (Lipinski definition) is 0. The smallest absolute Gasteiger partial charge is 0.293 e. The molecule has 1 saturated heterocycles. The van der Waals surface area contributed by atoms with E-state index in [9.17, 15) is 14.4 Å². The third-order valence-electron chi connectivity index (χ3n) is 5.04. The van der Waals surface area contributed by atoms with Crippen LogP contribution < -0.4 is 4.90 Å². The minimum atomic E-state index is -1.20. The summed E-state index contributed by atoms with van der Waals surface area (Å²) in [5.74, 6) is -2.83. The molecule has 0 bridgehead atoms. The minimum absolute atomic E-state index is 0.301. The molecule has 0 N–H and O–H groups in total. The van der Waals surface area contributed by atoms with Crippen molar-refractivity contribution in [2.45, 2.75) is 13.0 Å². The second-order valence-corrected chi connectivity index (χ2v) is 7.31. The molecule has 1 aromatic heterocycles. The zero-order valence-corrected chi connectivity index (χ0v) is 16.3. The van der Waals surface area contributed by atoms with E-state index in [4.69, 9.17) is 11.6 Å². The van der Waals surface area contributed by atoms with Gasteiger partial charge in [0, 0.05) is 16.8 Å². The van der Waals surface area contributed by atoms with Crippen LogP contribution in [0.2, 0.25) is 5.02 Å². The number of hydrogen-bond acceptors (Lipinski definition) is 4. The molecule has 6 heteroatoms. The Kier molecular flexibility index (Phi) is 4.99. The van der Waals surface area contributed by atoms with E-state index in [1.807, 2.05) is 6.92 Å². The summed E-state index contributed by atoms with van der Waals surface area (Å²) in [6, 6.07) is 18.1. The van der Waals surface area contributed by atoms with Gasteiger partial charge in [-0.15, -0.1) is 0 Å². The molecule has 144 valence electrons. The van der Waals surface area contributed by atoms with Crippen molar-refractivity contribution < 1.29 is 14.4 Å². The predicted molar refractivity (Wildman–Crippen MR) is 110 cm³/mol. The molecule has 1 fully saturated rings. The van der Waals surface area contributed by atoms with E-state index in [2.05, 4.69) is 4.98 Å². The molecule has 0 aliphatic carbocycles. The Labute approximate surface area is 172 Å². The monoisotopic (exact) mass is 404 g/mol. The number of carbonyl (C=O) groups excluding carboxylic acids is 3. The quantitative estimate of drug-likeness (QED) is 0.371. The van der Waals surface area contributed by atoms with Crippen LogP contribution in [0.5, 0.6) is 0 Å². The molecule has 0 spiro atoms. The van der Waals surface area contributed by atoms with E-state index in [0.29, 0.717) is 22.0 Å². The summed E-state index contributed by atoms with van der Waals surface area (Å²) < 4.78 is 0. The maximum atomic E-state index is 13.3. The number of amides is 1. The van der Waals surface area contributed by atoms with Crippen LogP contribution in [0.4, 0.5) is 5.82 Å². The number of carbonyl (C=O) groups is 3. The van der Waals surface area contributed by atoms with Crippen LogP contribution in [0, 0.1) is 12.8 Å². The topological polar surface area (TPSA) is 67.3 Å². The minimum Gasteiger partial charge on any atom is -0.293 e. The number of rotatable bonds is 4. The van der Waals surface area contributed by atoms with Gasteiger partial charge in [-0.3, -0.25) is 19.3 Å². The summed E-state index contributed by atoms with van der Waals surface area (Å²) in [5, 5.41) is 0.377. The second kappa shape index (κ2) is 7.60. The fourth-order valence-electron chi connectivity index (χ4n) is 3.61. The molecule has 5 nitrogen and oxygen atoms in total. The fraction of sp³-hybridized carbons (Fsp3) is 0.130. The third kappa shape index (κ3) is 3.34. The molecule has 2 heterocycles. The van der Waals surface area contributed by atoms with E-state index in [-0.39, 0.29) is 0 Å². The maximum absolute atomic E-state index is 13.3. The Morgan fingerprint density at radius 3 is 2.31 bits per heavy atom. The van der Waals surface area contributed by atoms with Gasteiger partial charge in [-0.05, 0) is 30.7 Å². The molecule has 2 unspecified atom stereocenters. The summed E-state index contributed by atoms with van der Waals surface area (Å²) in [5.41, 5.74) is 1.90. The average molecular weight is 405 g/mol. The Bertz CT molecular complexity index is 1100. The first-order chi connectivity index (χ1) is 14.0. The average Bonchev–Trinajstić information content (AvgIpc) is 3.00. The summed E-state index contributed by atoms with van der Waals surface area (Å²) in [4.78, 5) is 44.8. The Morgan fingerprint density at radius 2 is 1.66 bits per heavy atom. The largest absolute Gasteiger partial charge is 0.297 e. The number of anilines is 1. The highest BCUT2D eigenvalue weighted by atomic mass is 35.5. The fourth-order valence-corrected chi connectivity index (χ4v) is 3.85. The van der Waals surface area contributed by atoms with Gasteiger partial charge >= 0.3 is 0 Å². The van der Waals surface area contributed by atoms with Crippen LogP contribution in [0.15, 0.2) is 72.9 Å². The van der Waals surface area contributed by atoms with Gasteiger partial charge in [0.2, 0.25) is 5.78 Å². The van der Waals surface area contributed by atoms with E-state index in [0.717, 1.165) is 5.56 Å². The molecule has 1 aliphatic rings. The molecule has 0 radical (unpaired) electrons. The number of aromatic nitrogens is 1. The molecule has 2 atom stereocenters. The van der Waals surface area contributed by atoms with E-state index < -0.39 is 29.4 Å². The standard InChI is InChI=1S/C23H17ClN2O3/c1-14-9-11-15(12-10-14)21(27)19-20(16-6-2-3-7-17(16)24)26(23(29)22(19)28)18-8-4-5-13-25-18/h2-13,19-20H,1H3. The second-order valence-electron chi connectivity index (χ2n) is 6.90. The zero-order chi connectivity index (χ0) is 20.5. The van der Waals surface area contributed by atoms with Crippen LogP contribution in [-0.2, 0) is 9.59 Å². The Morgan fingerprint density at radius 1 is 0.966 bits per heavy atom. The predicted octanol–water partition coefficient (Wildman–Crippen LogP) is 4.20. The number of benzene rings is 2. The lowest BCUT2D eigenvalue weighted by molar-refractivity contribution is -0.135. The first kappa shape index (κ1) is 19.0. The summed E-state index contributed by atoms with van der Waals surface area (Å²) in [7, 11) is 0. The van der Waals surface area contributed by atoms with E-state index in [1.54, 1.807) is 66.7 Å². The number of aryl methyl sites for hydroxylation is 1. The lowest BCUT2D eigenvalue weighted by Gasteiger charge is -2.27. The first-order valence-corrected chi connectivity index (χ1v) is 9.50. The first-order valence-electron chi connectivity index (χ1n) is 9.13. The highest BCUT2D eigenvalue weighted by molar-refractivity contribution is 6.49. The molecule has 1 amide bonds. The van der Waals surface area contributed by atoms with Crippen molar-refractivity contribution in [1.82, 2.24) is 4.98 Å². The summed E-state index contributed by atoms with van der Waals surface area (Å²) in [6.07, 6.45) is 1.53. The molecular formula is C23H17ClN2O3. The molecule has 1 aliphatic heterocycles. The maximum Gasteiger partial charge on any atom is 0.297 e. The molecule has 4 rings (SSSR count). The van der Waals surface area contributed by atoms with Crippen molar-refractivity contribution >= 4 is 34.9 Å². The summed E-state index contributed by atoms with van der Waals surface area (Å²) >= 11 is 6.41. The van der Waals surface area contributed by atoms with E-state index >= 15 is 0 Å². The third-order valence-corrected chi connectivity index (χ3v) is 5.39. The van der Waals surface area contributed by atoms with Crippen molar-refractivity contribution in [1.29, 1.82) is 0 Å². The van der Waals surface area contributed by atoms with Crippen LogP contribution in [0.1, 0.15) is 27.5 Å². The molecule has 3 aromatic rings. The van der Waals surface area contributed by atoms with Crippen LogP contribution in [0.25, 0.3) is 0 Å². The van der Waals surface area contributed by atoms with Gasteiger partial charge in [0.15, 0.2) is 5.78 Å². The Hall–Kier alpha value is -3.31. The van der Waals surface area contributed by atoms with E-state index in [1.165, 1.54) is 11.1 Å². The van der Waals surface area contributed by atoms with Gasteiger partial charge in [0.05, 0.1) is 6.04 Å². The van der Waals surface area contributed by atoms with Gasteiger partial charge in [0.1, 0.15) is 11.7 Å². The lowest BCUT2D eigenvalue weighted by atomic mass is 9.86. The van der Waals surface area contributed by atoms with Crippen molar-refractivity contribution in [3.8, 4) is 0 Å². The molecule has 0 saturated carbocycles. The van der Waals surface area contributed by atoms with Gasteiger partial charge in [-0.2, -0.15) is 0 Å². The molecule has 2 aromatic carbocycles. The van der Waals surface area contributed by atoms with Gasteiger partial charge < -0.3 is 0 Å². The van der Waals surface area contributed by atoms with Gasteiger partial charge in [0.25, 0.3) is 5.91 Å². The zero-order valence-electron chi connectivity index (χ0n) is 15.6. The molecular weight excluding hydrogens is 388 g/mol. The van der Waals surface area contributed by atoms with Crippen molar-refractivity contribution in [2.24, 2.45) is 5.92 Å². The van der Waals surface area contributed by atoms with Crippen molar-refractivity contribution in [3.63, 3.8) is 0 Å². The molecule has 29 heavy (non-hydrogen) atoms. The van der Waals surface area contributed by atoms with Crippen molar-refractivity contribution in [3.05, 3.63) is 94.6 Å². The number of nitrogens with zero attached hydrogens (tertiary/aromatic N) is 2. The lowest BCUT2D eigenvalue weighted by Crippen LogP contribution is -2.31. The number of halogens is 1. The normalized spacial score (nSPS) is 18.9. The van der Waals surface area contributed by atoms with Gasteiger partial charge in [-0.1, -0.05) is 65.7 Å². The Balaban J connectivity index is 1.87. The number of pyridine rings is 1. The van der Waals surface area contributed by atoms with Crippen LogP contribution in [0.3, 0.4) is 0 Å². The SMILES string of the molecule is Cc1ccc(C(=O)C2C(=O)C(=O)N(c3ccccn3)C2c2ccccc2Cl)cc1. The number of ketones is 2. The van der Waals surface area contributed by atoms with Crippen LogP contribution in [-0.4, -0.2) is 22.5 Å². The highest BCUT2D eigenvalue weighted by Crippen LogP contribution is 2.42. The van der Waals surface area contributed by atoms with Gasteiger partial charge in [-0.25, -0.2) is 4.98 Å².